The highest BCUT2D eigenvalue weighted by Crippen LogP contribution is 2.27. The molecule has 6 nitrogen and oxygen atoms in total. The molecule has 1 aromatic carbocycles. The maximum atomic E-state index is 13.5. The van der Waals surface area contributed by atoms with E-state index in [1.165, 1.54) is 12.1 Å². The molecule has 1 saturated heterocycles. The summed E-state index contributed by atoms with van der Waals surface area (Å²) < 4.78 is 13.5. The van der Waals surface area contributed by atoms with Crippen LogP contribution in [0.25, 0.3) is 10.9 Å². The number of hydrogen-bond donors (Lipinski definition) is 2. The lowest BCUT2D eigenvalue weighted by Gasteiger charge is -2.26. The smallest absolute Gasteiger partial charge is 0.134 e. The molecule has 0 aliphatic carbocycles. The van der Waals surface area contributed by atoms with Crippen molar-refractivity contribution in [3.05, 3.63) is 48.2 Å². The standard InChI is InChI=1S/C20H23FN6/c1-13-8-17(16-6-5-14(21)9-18(16)26-13)23-11-15-4-3-7-27(15)20-10-19(22-2)24-12-25-20/h5-6,8-10,12,15H,3-4,7,11H2,1-2H3,(H,23,26)(H,22,24,25). The minimum Gasteiger partial charge on any atom is -0.382 e. The Morgan fingerprint density at radius 1 is 1.22 bits per heavy atom. The number of aryl methyl sites for hydroxylation is 1. The van der Waals surface area contributed by atoms with Gasteiger partial charge in [0.05, 0.1) is 5.52 Å². The van der Waals surface area contributed by atoms with Crippen LogP contribution in [-0.2, 0) is 0 Å². The highest BCUT2D eigenvalue weighted by atomic mass is 19.1. The molecule has 1 fully saturated rings. The Hall–Kier alpha value is -2.96. The molecule has 0 bridgehead atoms. The fourth-order valence-electron chi connectivity index (χ4n) is 3.70. The van der Waals surface area contributed by atoms with Crippen LogP contribution in [0.1, 0.15) is 18.5 Å². The monoisotopic (exact) mass is 366 g/mol. The number of fused-ring (bicyclic) bond motifs is 1. The van der Waals surface area contributed by atoms with Gasteiger partial charge in [-0.05, 0) is 38.0 Å². The van der Waals surface area contributed by atoms with Gasteiger partial charge in [0, 0.05) is 55.1 Å². The summed E-state index contributed by atoms with van der Waals surface area (Å²) in [7, 11) is 1.86. The molecule has 0 spiro atoms. The van der Waals surface area contributed by atoms with E-state index < -0.39 is 0 Å². The SMILES string of the molecule is CNc1cc(N2CCCC2CNc2cc(C)nc3cc(F)ccc23)ncn1. The first-order chi connectivity index (χ1) is 13.1. The molecule has 140 valence electrons. The Kier molecular flexibility index (Phi) is 4.75. The third-order valence-corrected chi connectivity index (χ3v) is 5.01. The van der Waals surface area contributed by atoms with Gasteiger partial charge < -0.3 is 15.5 Å². The van der Waals surface area contributed by atoms with E-state index in [2.05, 4.69) is 30.5 Å². The van der Waals surface area contributed by atoms with Crippen molar-refractivity contribution in [2.24, 2.45) is 0 Å². The zero-order chi connectivity index (χ0) is 18.8. The van der Waals surface area contributed by atoms with Crippen molar-refractivity contribution >= 4 is 28.2 Å². The Balaban J connectivity index is 1.55. The number of halogens is 1. The van der Waals surface area contributed by atoms with Gasteiger partial charge in [-0.25, -0.2) is 14.4 Å². The second-order valence-electron chi connectivity index (χ2n) is 6.85. The summed E-state index contributed by atoms with van der Waals surface area (Å²) in [5.41, 5.74) is 2.53. The van der Waals surface area contributed by atoms with Crippen LogP contribution in [0.2, 0.25) is 0 Å². The van der Waals surface area contributed by atoms with E-state index in [1.807, 2.05) is 26.1 Å². The third-order valence-electron chi connectivity index (χ3n) is 5.01. The molecule has 2 N–H and O–H groups in total. The van der Waals surface area contributed by atoms with E-state index >= 15 is 0 Å². The molecular formula is C20H23FN6. The second-order valence-corrected chi connectivity index (χ2v) is 6.85. The molecule has 0 saturated carbocycles. The van der Waals surface area contributed by atoms with Crippen LogP contribution in [0.4, 0.5) is 21.7 Å². The summed E-state index contributed by atoms with van der Waals surface area (Å²) in [5.74, 6) is 1.49. The molecule has 2 aromatic heterocycles. The second kappa shape index (κ2) is 7.34. The van der Waals surface area contributed by atoms with Gasteiger partial charge >= 0.3 is 0 Å². The Morgan fingerprint density at radius 2 is 2.11 bits per heavy atom. The van der Waals surface area contributed by atoms with Crippen molar-refractivity contribution in [3.63, 3.8) is 0 Å². The van der Waals surface area contributed by atoms with Gasteiger partial charge in [-0.1, -0.05) is 0 Å². The van der Waals surface area contributed by atoms with Crippen molar-refractivity contribution in [3.8, 4) is 0 Å². The van der Waals surface area contributed by atoms with E-state index in [0.29, 0.717) is 11.6 Å². The zero-order valence-electron chi connectivity index (χ0n) is 15.5. The highest BCUT2D eigenvalue weighted by Gasteiger charge is 2.26. The number of nitrogens with one attached hydrogen (secondary N) is 2. The number of benzene rings is 1. The van der Waals surface area contributed by atoms with Gasteiger partial charge in [-0.2, -0.15) is 0 Å². The quantitative estimate of drug-likeness (QED) is 0.719. The van der Waals surface area contributed by atoms with E-state index in [9.17, 15) is 4.39 Å². The average Bonchev–Trinajstić information content (AvgIpc) is 3.14. The summed E-state index contributed by atoms with van der Waals surface area (Å²) in [6, 6.07) is 9.09. The fraction of sp³-hybridized carbons (Fsp3) is 0.350. The summed E-state index contributed by atoms with van der Waals surface area (Å²) >= 11 is 0. The number of hydrogen-bond acceptors (Lipinski definition) is 6. The van der Waals surface area contributed by atoms with Crippen LogP contribution in [-0.4, -0.2) is 41.1 Å². The van der Waals surface area contributed by atoms with Crippen molar-refractivity contribution < 1.29 is 4.39 Å². The first-order valence-electron chi connectivity index (χ1n) is 9.21. The number of anilines is 3. The Labute approximate surface area is 157 Å². The molecule has 4 rings (SSSR count). The Morgan fingerprint density at radius 3 is 2.96 bits per heavy atom. The lowest BCUT2D eigenvalue weighted by molar-refractivity contribution is 0.629. The van der Waals surface area contributed by atoms with Crippen LogP contribution >= 0.6 is 0 Å². The van der Waals surface area contributed by atoms with Crippen molar-refractivity contribution in [1.82, 2.24) is 15.0 Å². The molecule has 7 heteroatoms. The predicted molar refractivity (Wildman–Crippen MR) is 107 cm³/mol. The Bertz CT molecular complexity index is 955. The van der Waals surface area contributed by atoms with Gasteiger partial charge in [0.2, 0.25) is 0 Å². The van der Waals surface area contributed by atoms with Crippen LogP contribution in [0.5, 0.6) is 0 Å². The lowest BCUT2D eigenvalue weighted by Crippen LogP contribution is -2.35. The topological polar surface area (TPSA) is 66.0 Å². The minimum absolute atomic E-state index is 0.266. The number of nitrogens with zero attached hydrogens (tertiary/aromatic N) is 4. The minimum atomic E-state index is -0.266. The maximum absolute atomic E-state index is 13.5. The van der Waals surface area contributed by atoms with Crippen molar-refractivity contribution in [2.75, 3.05) is 35.7 Å². The summed E-state index contributed by atoms with van der Waals surface area (Å²) in [6.07, 6.45) is 3.83. The lowest BCUT2D eigenvalue weighted by atomic mass is 10.1. The average molecular weight is 366 g/mol. The van der Waals surface area contributed by atoms with Crippen molar-refractivity contribution in [1.29, 1.82) is 0 Å². The van der Waals surface area contributed by atoms with Gasteiger partial charge in [0.15, 0.2) is 0 Å². The molecule has 3 aromatic rings. The number of pyridine rings is 1. The molecule has 1 atom stereocenters. The highest BCUT2D eigenvalue weighted by molar-refractivity contribution is 5.91. The molecule has 0 radical (unpaired) electrons. The molecule has 0 amide bonds. The largest absolute Gasteiger partial charge is 0.382 e. The van der Waals surface area contributed by atoms with Crippen LogP contribution in [0.15, 0.2) is 36.7 Å². The van der Waals surface area contributed by atoms with Gasteiger partial charge in [0.1, 0.15) is 23.8 Å². The summed E-state index contributed by atoms with van der Waals surface area (Å²) in [6.45, 7) is 3.69. The number of aromatic nitrogens is 3. The molecule has 27 heavy (non-hydrogen) atoms. The summed E-state index contributed by atoms with van der Waals surface area (Å²) in [4.78, 5) is 15.4. The predicted octanol–water partition coefficient (Wildman–Crippen LogP) is 3.59. The van der Waals surface area contributed by atoms with Crippen molar-refractivity contribution in [2.45, 2.75) is 25.8 Å². The van der Waals surface area contributed by atoms with Crippen LogP contribution in [0.3, 0.4) is 0 Å². The molecule has 1 aliphatic heterocycles. The first kappa shape index (κ1) is 17.5. The zero-order valence-corrected chi connectivity index (χ0v) is 15.5. The van der Waals surface area contributed by atoms with Gasteiger partial charge in [-0.3, -0.25) is 4.98 Å². The van der Waals surface area contributed by atoms with E-state index in [0.717, 1.165) is 54.3 Å². The summed E-state index contributed by atoms with van der Waals surface area (Å²) in [5, 5.41) is 7.55. The molecule has 1 unspecified atom stereocenters. The van der Waals surface area contributed by atoms with E-state index in [1.54, 1.807) is 12.4 Å². The van der Waals surface area contributed by atoms with E-state index in [4.69, 9.17) is 0 Å². The number of rotatable bonds is 5. The van der Waals surface area contributed by atoms with E-state index in [-0.39, 0.29) is 5.82 Å². The first-order valence-corrected chi connectivity index (χ1v) is 9.21. The third kappa shape index (κ3) is 3.63. The fourth-order valence-corrected chi connectivity index (χ4v) is 3.70. The molecule has 3 heterocycles. The maximum Gasteiger partial charge on any atom is 0.134 e. The van der Waals surface area contributed by atoms with Crippen LogP contribution < -0.4 is 15.5 Å². The van der Waals surface area contributed by atoms with Crippen LogP contribution in [0, 0.1) is 12.7 Å². The van der Waals surface area contributed by atoms with Gasteiger partial charge in [-0.15, -0.1) is 0 Å². The molecule has 1 aliphatic rings. The normalized spacial score (nSPS) is 16.7. The molecular weight excluding hydrogens is 343 g/mol. The van der Waals surface area contributed by atoms with Gasteiger partial charge in [0.25, 0.3) is 0 Å².